The molecule has 7 atom stereocenters. The minimum atomic E-state index is -1.44. The molecule has 5 rings (SSSR count). The molecule has 13 nitrogen and oxygen atoms in total. The number of carboxylic acid groups (broad SMARTS) is 2. The van der Waals surface area contributed by atoms with Crippen LogP contribution in [0.1, 0.15) is 33.9 Å². The number of rotatable bonds is 15. The van der Waals surface area contributed by atoms with Gasteiger partial charge in [0.15, 0.2) is 0 Å². The zero-order valence-corrected chi connectivity index (χ0v) is 31.4. The number of nitrogens with two attached hydrogens (primary N) is 2. The molecule has 0 amide bonds. The molecule has 1 aliphatic heterocycles. The Morgan fingerprint density at radius 1 is 0.768 bits per heavy atom. The predicted molar refractivity (Wildman–Crippen MR) is 210 cm³/mol. The van der Waals surface area contributed by atoms with Crippen molar-refractivity contribution < 1.29 is 54.4 Å². The van der Waals surface area contributed by atoms with Crippen molar-refractivity contribution in [2.24, 2.45) is 11.5 Å². The number of aliphatic carboxylic acids is 2. The van der Waals surface area contributed by atoms with Crippen molar-refractivity contribution in [2.75, 3.05) is 26.4 Å². The summed E-state index contributed by atoms with van der Waals surface area (Å²) in [5.41, 5.74) is 15.0. The van der Waals surface area contributed by atoms with Crippen LogP contribution in [0.2, 0.25) is 5.02 Å². The summed E-state index contributed by atoms with van der Waals surface area (Å²) >= 11 is 6.39. The summed E-state index contributed by atoms with van der Waals surface area (Å²) in [7, 11) is 0. The molecule has 10 N–H and O–H groups in total. The standard InChI is InChI=1S/C24H27ClO7.2C9H11NO2/c1-2-9-30-10-11-31-18-6-3-15(4-7-18)12-17-13-16(5-8-19(17)25)24-23(29)22(28)21(27)20(14-26)32-24;2*10-8(9(11)12)6-7-4-2-1-3-5-7/h1,3-8,13,20-24,26-29H,9-12,14H2;2*1-5,8H,6,10H2,(H,11,12)/t20-,21-,22+,23-,24+;2*8-/m100/s1. The van der Waals surface area contributed by atoms with Gasteiger partial charge in [0.25, 0.3) is 0 Å². The number of terminal acetylenes is 1. The van der Waals surface area contributed by atoms with E-state index in [0.717, 1.165) is 22.3 Å². The lowest BCUT2D eigenvalue weighted by atomic mass is 9.90. The van der Waals surface area contributed by atoms with E-state index in [9.17, 15) is 30.0 Å². The normalized spacial score (nSPS) is 19.8. The van der Waals surface area contributed by atoms with E-state index in [1.54, 1.807) is 18.2 Å². The second-order valence-corrected chi connectivity index (χ2v) is 13.2. The molecule has 1 aliphatic rings. The Morgan fingerprint density at radius 3 is 1.82 bits per heavy atom. The highest BCUT2D eigenvalue weighted by atomic mass is 35.5. The Hall–Kier alpha value is -4.85. The summed E-state index contributed by atoms with van der Waals surface area (Å²) in [5.74, 6) is 1.18. The molecule has 1 saturated heterocycles. The largest absolute Gasteiger partial charge is 0.491 e. The highest BCUT2D eigenvalue weighted by Gasteiger charge is 2.44. The third-order valence-electron chi connectivity index (χ3n) is 8.52. The van der Waals surface area contributed by atoms with Gasteiger partial charge in [-0.2, -0.15) is 0 Å². The summed E-state index contributed by atoms with van der Waals surface area (Å²) in [6.07, 6.45) is 0.354. The van der Waals surface area contributed by atoms with Gasteiger partial charge in [0, 0.05) is 5.02 Å². The number of aliphatic hydroxyl groups excluding tert-OH is 4. The second-order valence-electron chi connectivity index (χ2n) is 12.8. The molecule has 300 valence electrons. The predicted octanol–water partition coefficient (Wildman–Crippen LogP) is 2.76. The van der Waals surface area contributed by atoms with Crippen molar-refractivity contribution in [3.63, 3.8) is 0 Å². The minimum absolute atomic E-state index is 0.255. The topological polar surface area (TPSA) is 235 Å². The molecule has 0 aliphatic carbocycles. The van der Waals surface area contributed by atoms with E-state index in [2.05, 4.69) is 5.92 Å². The SMILES string of the molecule is C#CCOCCOc1ccc(Cc2cc([C@@H]3O[C@H](CO)[C@@H](O)[C@H](O)[C@H]3O)ccc2Cl)cc1.N[C@@H](Cc1ccccc1)C(=O)O.N[C@@H](Cc1ccccc1)C(=O)O. The summed E-state index contributed by atoms with van der Waals surface area (Å²) in [6, 6.07) is 29.8. The van der Waals surface area contributed by atoms with Crippen LogP contribution in [0.4, 0.5) is 0 Å². The number of hydrogen-bond donors (Lipinski definition) is 8. The van der Waals surface area contributed by atoms with E-state index in [0.29, 0.717) is 48.8 Å². The summed E-state index contributed by atoms with van der Waals surface area (Å²) in [5, 5.41) is 57.5. The van der Waals surface area contributed by atoms with Gasteiger partial charge >= 0.3 is 11.9 Å². The Bertz CT molecular complexity index is 1750. The lowest BCUT2D eigenvalue weighted by Gasteiger charge is -2.40. The first-order chi connectivity index (χ1) is 26.8. The van der Waals surface area contributed by atoms with Crippen molar-refractivity contribution in [3.8, 4) is 18.1 Å². The third-order valence-corrected chi connectivity index (χ3v) is 8.89. The van der Waals surface area contributed by atoms with Crippen molar-refractivity contribution in [1.29, 1.82) is 0 Å². The monoisotopic (exact) mass is 792 g/mol. The van der Waals surface area contributed by atoms with Crippen molar-refractivity contribution in [2.45, 2.75) is 61.9 Å². The summed E-state index contributed by atoms with van der Waals surface area (Å²) in [4.78, 5) is 20.8. The van der Waals surface area contributed by atoms with E-state index in [1.807, 2.05) is 84.9 Å². The molecule has 0 bridgehead atoms. The number of ether oxygens (including phenoxy) is 3. The molecule has 0 spiro atoms. The molecule has 1 heterocycles. The van der Waals surface area contributed by atoms with E-state index in [1.165, 1.54) is 0 Å². The maximum atomic E-state index is 10.4. The van der Waals surface area contributed by atoms with Gasteiger partial charge < -0.3 is 56.3 Å². The summed E-state index contributed by atoms with van der Waals surface area (Å²) in [6.45, 7) is 0.581. The van der Waals surface area contributed by atoms with Gasteiger partial charge in [-0.1, -0.05) is 102 Å². The molecular formula is C42H49ClN2O11. The minimum Gasteiger partial charge on any atom is -0.491 e. The van der Waals surface area contributed by atoms with Crippen LogP contribution in [0.5, 0.6) is 5.75 Å². The number of benzene rings is 4. The number of halogens is 1. The van der Waals surface area contributed by atoms with Crippen LogP contribution in [0, 0.1) is 12.3 Å². The molecule has 56 heavy (non-hydrogen) atoms. The first kappa shape index (κ1) is 45.5. The number of carbonyl (C=O) groups is 2. The number of aliphatic hydroxyl groups is 4. The van der Waals surface area contributed by atoms with E-state index < -0.39 is 61.1 Å². The summed E-state index contributed by atoms with van der Waals surface area (Å²) < 4.78 is 16.4. The van der Waals surface area contributed by atoms with E-state index in [-0.39, 0.29) is 6.61 Å². The number of carboxylic acids is 2. The van der Waals surface area contributed by atoms with Crippen LogP contribution in [-0.2, 0) is 38.3 Å². The molecule has 0 aromatic heterocycles. The first-order valence-corrected chi connectivity index (χ1v) is 18.1. The van der Waals surface area contributed by atoms with E-state index >= 15 is 0 Å². The quantitative estimate of drug-likeness (QED) is 0.0640. The molecule has 14 heteroatoms. The lowest BCUT2D eigenvalue weighted by molar-refractivity contribution is -0.231. The highest BCUT2D eigenvalue weighted by Crippen LogP contribution is 2.34. The first-order valence-electron chi connectivity index (χ1n) is 17.7. The fourth-order valence-electron chi connectivity index (χ4n) is 5.47. The zero-order chi connectivity index (χ0) is 41.0. The molecule has 0 radical (unpaired) electrons. The fourth-order valence-corrected chi connectivity index (χ4v) is 5.65. The Labute approximate surface area is 331 Å². The van der Waals surface area contributed by atoms with Crippen LogP contribution < -0.4 is 16.2 Å². The van der Waals surface area contributed by atoms with Gasteiger partial charge in [-0.3, -0.25) is 9.59 Å². The van der Waals surface area contributed by atoms with Gasteiger partial charge in [0.1, 0.15) is 61.6 Å². The molecule has 4 aromatic rings. The average Bonchev–Trinajstić information content (AvgIpc) is 3.20. The Kier molecular flexibility index (Phi) is 19.5. The average molecular weight is 793 g/mol. The fraction of sp³-hybridized carbons (Fsp3) is 0.333. The van der Waals surface area contributed by atoms with Gasteiger partial charge in [-0.15, -0.1) is 6.42 Å². The smallest absolute Gasteiger partial charge is 0.320 e. The van der Waals surface area contributed by atoms with Gasteiger partial charge in [-0.25, -0.2) is 0 Å². The highest BCUT2D eigenvalue weighted by molar-refractivity contribution is 6.31. The Balaban J connectivity index is 0.000000285. The van der Waals surface area contributed by atoms with Gasteiger partial charge in [0.05, 0.1) is 13.2 Å². The van der Waals surface area contributed by atoms with Crippen molar-refractivity contribution in [1.82, 2.24) is 0 Å². The Morgan fingerprint density at radius 2 is 1.32 bits per heavy atom. The van der Waals surface area contributed by atoms with Crippen LogP contribution in [0.25, 0.3) is 0 Å². The maximum Gasteiger partial charge on any atom is 0.320 e. The van der Waals surface area contributed by atoms with Gasteiger partial charge in [0.2, 0.25) is 0 Å². The van der Waals surface area contributed by atoms with Crippen LogP contribution in [0.15, 0.2) is 103 Å². The molecule has 4 aromatic carbocycles. The van der Waals surface area contributed by atoms with Crippen molar-refractivity contribution >= 4 is 23.5 Å². The molecule has 0 saturated carbocycles. The lowest BCUT2D eigenvalue weighted by Crippen LogP contribution is -2.55. The number of hydrogen-bond acceptors (Lipinski definition) is 11. The van der Waals surface area contributed by atoms with Crippen LogP contribution >= 0.6 is 11.6 Å². The van der Waals surface area contributed by atoms with Crippen LogP contribution in [-0.4, -0.2) is 106 Å². The zero-order valence-electron chi connectivity index (χ0n) is 30.6. The maximum absolute atomic E-state index is 10.4. The molecular weight excluding hydrogens is 744 g/mol. The molecule has 0 unspecified atom stereocenters. The molecule has 1 fully saturated rings. The van der Waals surface area contributed by atoms with E-state index in [4.69, 9.17) is 53.9 Å². The van der Waals surface area contributed by atoms with Gasteiger partial charge in [-0.05, 0) is 65.3 Å². The second kappa shape index (κ2) is 23.9. The van der Waals surface area contributed by atoms with Crippen LogP contribution in [0.3, 0.4) is 0 Å². The van der Waals surface area contributed by atoms with Crippen molar-refractivity contribution in [3.05, 3.63) is 136 Å². The third kappa shape index (κ3) is 15.0.